The highest BCUT2D eigenvalue weighted by Gasteiger charge is 2.52. The number of phenolic OH excluding ortho intramolecular Hbond substituents is 2. The summed E-state index contributed by atoms with van der Waals surface area (Å²) < 4.78 is 45.2. The van der Waals surface area contributed by atoms with Gasteiger partial charge in [0.1, 0.15) is 95.9 Å². The number of ether oxygens (including phenoxy) is 7. The normalized spacial score (nSPS) is 36.2. The van der Waals surface area contributed by atoms with Crippen LogP contribution in [0.15, 0.2) is 45.6 Å². The van der Waals surface area contributed by atoms with E-state index >= 15 is 0 Å². The van der Waals surface area contributed by atoms with Gasteiger partial charge in [-0.1, -0.05) is 0 Å². The van der Waals surface area contributed by atoms with Crippen LogP contribution in [0.4, 0.5) is 0 Å². The molecule has 1 aromatic heterocycles. The number of phenols is 2. The monoisotopic (exact) mass is 798 g/mol. The Morgan fingerprint density at radius 2 is 1.36 bits per heavy atom. The highest BCUT2D eigenvalue weighted by atomic mass is 16.8. The van der Waals surface area contributed by atoms with Crippen LogP contribution in [0.1, 0.15) is 13.8 Å². The van der Waals surface area contributed by atoms with Crippen LogP contribution in [-0.2, 0) is 28.5 Å². The Hall–Kier alpha value is -4.20. The standard InChI is InChI=1S/C35H42O21/c1-11-21(40)25(44)28(47)33(50-11)56-32-27(46)23(42)19(10-49-12(2)37)54-35(32)55-31-24(43)20-16(39)7-15(51-34-29(48)26(45)22(41)18(9-36)53-34)8-17(20)52-30(31)13-3-5-14(38)6-4-13/h3-8,11,18-19,21-23,25-29,32-36,38-42,44-48H,9-10H2,1-2H3/t11-,18?,19?,21-,22?,23?,25+,26?,27?,28+,29?,32?,33-,34?,35?/m0/s1. The molecule has 3 fully saturated rings. The van der Waals surface area contributed by atoms with E-state index in [-0.39, 0.29) is 28.4 Å². The summed E-state index contributed by atoms with van der Waals surface area (Å²) in [5, 5.41) is 114. The maximum absolute atomic E-state index is 14.3. The first-order valence-corrected chi connectivity index (χ1v) is 17.3. The second kappa shape index (κ2) is 16.7. The van der Waals surface area contributed by atoms with E-state index in [0.717, 1.165) is 19.1 Å². The van der Waals surface area contributed by atoms with Gasteiger partial charge in [-0.3, -0.25) is 9.59 Å². The molecule has 0 saturated carbocycles. The molecule has 21 nitrogen and oxygen atoms in total. The number of hydrogen-bond acceptors (Lipinski definition) is 21. The Balaban J connectivity index is 1.42. The topological polar surface area (TPSA) is 334 Å². The van der Waals surface area contributed by atoms with Crippen molar-refractivity contribution in [1.29, 1.82) is 0 Å². The van der Waals surface area contributed by atoms with Crippen molar-refractivity contribution in [1.82, 2.24) is 0 Å². The van der Waals surface area contributed by atoms with E-state index in [1.54, 1.807) is 0 Å². The second-order valence-corrected chi connectivity index (χ2v) is 13.5. The van der Waals surface area contributed by atoms with Gasteiger partial charge in [0.2, 0.25) is 23.8 Å². The van der Waals surface area contributed by atoms with Gasteiger partial charge in [-0.15, -0.1) is 0 Å². The number of carbonyl (C=O) groups excluding carboxylic acids is 1. The van der Waals surface area contributed by atoms with Crippen LogP contribution in [0, 0.1) is 0 Å². The first-order chi connectivity index (χ1) is 26.5. The Morgan fingerprint density at radius 1 is 0.732 bits per heavy atom. The van der Waals surface area contributed by atoms with Crippen molar-refractivity contribution in [2.75, 3.05) is 13.2 Å². The number of aliphatic hydroxyl groups is 9. The largest absolute Gasteiger partial charge is 0.508 e. The van der Waals surface area contributed by atoms with Crippen LogP contribution in [0.5, 0.6) is 23.0 Å². The van der Waals surface area contributed by atoms with Gasteiger partial charge in [0, 0.05) is 24.6 Å². The van der Waals surface area contributed by atoms with Crippen molar-refractivity contribution in [3.05, 3.63) is 46.6 Å². The van der Waals surface area contributed by atoms with Crippen LogP contribution in [0.2, 0.25) is 0 Å². The number of hydrogen-bond donors (Lipinski definition) is 11. The third kappa shape index (κ3) is 8.13. The maximum Gasteiger partial charge on any atom is 0.302 e. The molecule has 3 aliphatic rings. The number of esters is 1. The molecule has 0 spiro atoms. The van der Waals surface area contributed by atoms with Gasteiger partial charge in [-0.05, 0) is 31.2 Å². The predicted molar refractivity (Wildman–Crippen MR) is 181 cm³/mol. The number of aromatic hydroxyl groups is 2. The molecule has 11 N–H and O–H groups in total. The van der Waals surface area contributed by atoms with E-state index in [1.807, 2.05) is 0 Å². The third-order valence-electron chi connectivity index (χ3n) is 9.57. The molecule has 2 aromatic carbocycles. The summed E-state index contributed by atoms with van der Waals surface area (Å²) in [4.78, 5) is 25.9. The molecule has 3 aromatic rings. The SMILES string of the molecule is CC(=O)OCC1OC(Oc2c(-c3ccc(O)cc3)oc3cc(OC4OC(CO)C(O)C(O)C4O)cc(O)c3c2=O)C(O[C@@H]2O[C@@H](C)[C@H](O)[C@@H](O)[C@H]2O)C(O)C1O. The molecule has 21 heteroatoms. The van der Waals surface area contributed by atoms with E-state index < -0.39 is 134 Å². The van der Waals surface area contributed by atoms with E-state index in [2.05, 4.69) is 0 Å². The lowest BCUT2D eigenvalue weighted by Gasteiger charge is -2.45. The predicted octanol–water partition coefficient (Wildman–Crippen LogP) is -3.35. The summed E-state index contributed by atoms with van der Waals surface area (Å²) >= 11 is 0. The zero-order valence-corrected chi connectivity index (χ0v) is 29.5. The van der Waals surface area contributed by atoms with Crippen molar-refractivity contribution in [3.63, 3.8) is 0 Å². The van der Waals surface area contributed by atoms with E-state index in [0.29, 0.717) is 0 Å². The molecule has 10 unspecified atom stereocenters. The lowest BCUT2D eigenvalue weighted by molar-refractivity contribution is -0.354. The first kappa shape index (κ1) is 41.4. The van der Waals surface area contributed by atoms with Crippen LogP contribution in [0.3, 0.4) is 0 Å². The highest BCUT2D eigenvalue weighted by Crippen LogP contribution is 2.39. The number of benzene rings is 2. The summed E-state index contributed by atoms with van der Waals surface area (Å²) in [5.41, 5.74) is -1.35. The molecule has 6 rings (SSSR count). The minimum absolute atomic E-state index is 0.0823. The minimum Gasteiger partial charge on any atom is -0.508 e. The Morgan fingerprint density at radius 3 is 2.02 bits per heavy atom. The summed E-state index contributed by atoms with van der Waals surface area (Å²) in [6.45, 7) is 1.06. The van der Waals surface area contributed by atoms with Gasteiger partial charge in [0.05, 0.1) is 12.7 Å². The second-order valence-electron chi connectivity index (χ2n) is 13.5. The average Bonchev–Trinajstić information content (AvgIpc) is 3.16. The maximum atomic E-state index is 14.3. The Bertz CT molecular complexity index is 1900. The van der Waals surface area contributed by atoms with E-state index in [1.165, 1.54) is 31.2 Å². The van der Waals surface area contributed by atoms with Gasteiger partial charge < -0.3 is 93.7 Å². The fourth-order valence-corrected chi connectivity index (χ4v) is 6.41. The number of aliphatic hydroxyl groups excluding tert-OH is 9. The highest BCUT2D eigenvalue weighted by molar-refractivity contribution is 5.88. The fraction of sp³-hybridized carbons (Fsp3) is 0.543. The molecule has 0 amide bonds. The smallest absolute Gasteiger partial charge is 0.302 e. The molecule has 4 heterocycles. The van der Waals surface area contributed by atoms with Crippen LogP contribution in [0.25, 0.3) is 22.3 Å². The Labute approximate surface area is 315 Å². The average molecular weight is 799 g/mol. The number of fused-ring (bicyclic) bond motifs is 1. The van der Waals surface area contributed by atoms with Crippen LogP contribution < -0.4 is 14.9 Å². The first-order valence-electron chi connectivity index (χ1n) is 17.3. The molecule has 308 valence electrons. The van der Waals surface area contributed by atoms with E-state index in [4.69, 9.17) is 37.6 Å². The zero-order valence-electron chi connectivity index (χ0n) is 29.5. The number of rotatable bonds is 10. The molecule has 56 heavy (non-hydrogen) atoms. The quantitative estimate of drug-likeness (QED) is 0.0893. The third-order valence-corrected chi connectivity index (χ3v) is 9.57. The molecule has 0 aliphatic carbocycles. The van der Waals surface area contributed by atoms with Crippen molar-refractivity contribution < 1.29 is 98.5 Å². The van der Waals surface area contributed by atoms with Crippen molar-refractivity contribution in [2.45, 2.75) is 106 Å². The summed E-state index contributed by atoms with van der Waals surface area (Å²) in [5.74, 6) is -3.11. The van der Waals surface area contributed by atoms with Crippen molar-refractivity contribution in [3.8, 4) is 34.3 Å². The molecule has 15 atom stereocenters. The molecular formula is C35H42O21. The van der Waals surface area contributed by atoms with Crippen molar-refractivity contribution >= 4 is 16.9 Å². The lowest BCUT2D eigenvalue weighted by atomic mass is 9.97. The molecule has 3 saturated heterocycles. The summed E-state index contributed by atoms with van der Waals surface area (Å²) in [6.07, 6.45) is -25.6. The summed E-state index contributed by atoms with van der Waals surface area (Å²) in [6, 6.07) is 7.14. The molecular weight excluding hydrogens is 756 g/mol. The van der Waals surface area contributed by atoms with Crippen LogP contribution in [-0.4, -0.2) is 167 Å². The van der Waals surface area contributed by atoms with Crippen LogP contribution >= 0.6 is 0 Å². The molecule has 0 radical (unpaired) electrons. The number of carbonyl (C=O) groups is 1. The molecule has 0 bridgehead atoms. The fourth-order valence-electron chi connectivity index (χ4n) is 6.41. The van der Waals surface area contributed by atoms with Gasteiger partial charge in [-0.2, -0.15) is 0 Å². The van der Waals surface area contributed by atoms with Gasteiger partial charge in [-0.25, -0.2) is 0 Å². The van der Waals surface area contributed by atoms with Gasteiger partial charge in [0.15, 0.2) is 18.2 Å². The van der Waals surface area contributed by atoms with Gasteiger partial charge >= 0.3 is 5.97 Å². The van der Waals surface area contributed by atoms with E-state index in [9.17, 15) is 65.8 Å². The van der Waals surface area contributed by atoms with Crippen molar-refractivity contribution in [2.24, 2.45) is 0 Å². The minimum atomic E-state index is -1.98. The summed E-state index contributed by atoms with van der Waals surface area (Å²) in [7, 11) is 0. The lowest BCUT2D eigenvalue weighted by Crippen LogP contribution is -2.64. The zero-order chi connectivity index (χ0) is 40.7. The molecule has 3 aliphatic heterocycles. The van der Waals surface area contributed by atoms with Gasteiger partial charge in [0.25, 0.3) is 0 Å². The Kier molecular flexibility index (Phi) is 12.4.